The zero-order chi connectivity index (χ0) is 14.8. The Labute approximate surface area is 120 Å². The number of hydrogen-bond donors (Lipinski definition) is 2. The summed E-state index contributed by atoms with van der Waals surface area (Å²) >= 11 is 4.67. The number of nitrogens with one attached hydrogen (secondary N) is 1. The smallest absolute Gasteiger partial charge is 0.241 e. The average molecular weight is 314 g/mol. The van der Waals surface area contributed by atoms with Crippen molar-refractivity contribution in [3.05, 3.63) is 53.7 Å². The molecule has 2 aromatic rings. The number of rotatable bonds is 5. The summed E-state index contributed by atoms with van der Waals surface area (Å²) in [5, 5.41) is 0. The third kappa shape index (κ3) is 3.21. The zero-order valence-electron chi connectivity index (χ0n) is 10.2. The molecule has 3 N–H and O–H groups in total. The highest BCUT2D eigenvalue weighted by Gasteiger charge is 2.17. The molecule has 0 spiro atoms. The zero-order valence-corrected chi connectivity index (χ0v) is 11.8. The van der Waals surface area contributed by atoms with Gasteiger partial charge >= 0.3 is 0 Å². The van der Waals surface area contributed by atoms with E-state index in [2.05, 4.69) is 16.9 Å². The van der Waals surface area contributed by atoms with Crippen LogP contribution >= 0.6 is 12.2 Å². The van der Waals surface area contributed by atoms with Gasteiger partial charge in [-0.1, -0.05) is 12.2 Å². The van der Waals surface area contributed by atoms with E-state index < -0.39 is 15.8 Å². The largest absolute Gasteiger partial charge is 0.468 e. The number of sulfonamides is 1. The monoisotopic (exact) mass is 314 g/mol. The quantitative estimate of drug-likeness (QED) is 0.818. The lowest BCUT2D eigenvalue weighted by Gasteiger charge is -2.07. The van der Waals surface area contributed by atoms with Gasteiger partial charge in [0.1, 0.15) is 16.6 Å². The summed E-state index contributed by atoms with van der Waals surface area (Å²) in [4.78, 5) is -0.321. The maximum Gasteiger partial charge on any atom is 0.241 e. The Hall–Kier alpha value is -1.77. The fourth-order valence-corrected chi connectivity index (χ4v) is 2.70. The van der Waals surface area contributed by atoms with Crippen molar-refractivity contribution >= 4 is 27.2 Å². The first-order valence-electron chi connectivity index (χ1n) is 5.51. The normalized spacial score (nSPS) is 11.4. The first-order valence-corrected chi connectivity index (χ1v) is 7.41. The molecule has 0 aliphatic carbocycles. The van der Waals surface area contributed by atoms with Gasteiger partial charge in [0, 0.05) is 5.56 Å². The van der Waals surface area contributed by atoms with Gasteiger partial charge in [0.15, 0.2) is 0 Å². The van der Waals surface area contributed by atoms with Gasteiger partial charge in [-0.3, -0.25) is 0 Å². The minimum Gasteiger partial charge on any atom is -0.468 e. The van der Waals surface area contributed by atoms with Crippen LogP contribution in [-0.2, 0) is 16.6 Å². The van der Waals surface area contributed by atoms with Crippen LogP contribution < -0.4 is 10.5 Å². The average Bonchev–Trinajstić information content (AvgIpc) is 2.89. The summed E-state index contributed by atoms with van der Waals surface area (Å²) in [6.07, 6.45) is 1.44. The van der Waals surface area contributed by atoms with Crippen LogP contribution in [0.3, 0.4) is 0 Å². The fourth-order valence-electron chi connectivity index (χ4n) is 1.52. The van der Waals surface area contributed by atoms with Gasteiger partial charge in [-0.15, -0.1) is 0 Å². The number of halogens is 1. The molecular formula is C12H11FN2O3S2. The topological polar surface area (TPSA) is 85.3 Å². The molecule has 0 aliphatic heterocycles. The van der Waals surface area contributed by atoms with E-state index in [0.29, 0.717) is 5.76 Å². The van der Waals surface area contributed by atoms with E-state index >= 15 is 0 Å². The minimum atomic E-state index is -3.80. The standard InChI is InChI=1S/C12H11FN2O3S2/c13-11-4-3-9(6-10(11)12(14)19)20(16,17)15-7-8-2-1-5-18-8/h1-6,15H,7H2,(H2,14,19). The van der Waals surface area contributed by atoms with Crippen molar-refractivity contribution < 1.29 is 17.2 Å². The summed E-state index contributed by atoms with van der Waals surface area (Å²) < 4.78 is 44.9. The van der Waals surface area contributed by atoms with Crippen molar-refractivity contribution in [1.29, 1.82) is 0 Å². The number of benzene rings is 1. The second-order valence-electron chi connectivity index (χ2n) is 3.91. The Balaban J connectivity index is 2.25. The molecule has 0 unspecified atom stereocenters. The molecule has 0 atom stereocenters. The van der Waals surface area contributed by atoms with E-state index in [0.717, 1.165) is 18.2 Å². The van der Waals surface area contributed by atoms with Crippen molar-refractivity contribution in [2.45, 2.75) is 11.4 Å². The summed E-state index contributed by atoms with van der Waals surface area (Å²) in [7, 11) is -3.80. The van der Waals surface area contributed by atoms with Gasteiger partial charge in [0.2, 0.25) is 10.0 Å². The van der Waals surface area contributed by atoms with Gasteiger partial charge in [-0.05, 0) is 30.3 Å². The molecule has 0 fully saturated rings. The van der Waals surface area contributed by atoms with Crippen molar-refractivity contribution in [1.82, 2.24) is 4.72 Å². The second kappa shape index (κ2) is 5.70. The van der Waals surface area contributed by atoms with E-state index in [1.165, 1.54) is 6.26 Å². The summed E-state index contributed by atoms with van der Waals surface area (Å²) in [5.74, 6) is -0.201. The van der Waals surface area contributed by atoms with Gasteiger partial charge < -0.3 is 10.2 Å². The Morgan fingerprint density at radius 1 is 1.40 bits per heavy atom. The van der Waals surface area contributed by atoms with Crippen molar-refractivity contribution in [3.8, 4) is 0 Å². The molecule has 0 saturated carbocycles. The van der Waals surface area contributed by atoms with Crippen molar-refractivity contribution in [3.63, 3.8) is 0 Å². The predicted molar refractivity (Wildman–Crippen MR) is 75.0 cm³/mol. The highest BCUT2D eigenvalue weighted by Crippen LogP contribution is 2.15. The highest BCUT2D eigenvalue weighted by molar-refractivity contribution is 7.89. The molecule has 1 aromatic carbocycles. The third-order valence-electron chi connectivity index (χ3n) is 2.53. The third-order valence-corrected chi connectivity index (χ3v) is 4.15. The molecule has 0 amide bonds. The molecule has 1 aromatic heterocycles. The SMILES string of the molecule is NC(=S)c1cc(S(=O)(=O)NCc2ccco2)ccc1F. The lowest BCUT2D eigenvalue weighted by molar-refractivity contribution is 0.498. The Kier molecular flexibility index (Phi) is 4.17. The number of hydrogen-bond acceptors (Lipinski definition) is 4. The van der Waals surface area contributed by atoms with Crippen molar-refractivity contribution in [2.24, 2.45) is 5.73 Å². The van der Waals surface area contributed by atoms with E-state index in [1.807, 2.05) is 0 Å². The lowest BCUT2D eigenvalue weighted by Crippen LogP contribution is -2.24. The van der Waals surface area contributed by atoms with Gasteiger partial charge in [-0.2, -0.15) is 0 Å². The molecule has 8 heteroatoms. The number of thiocarbonyl (C=S) groups is 1. The van der Waals surface area contributed by atoms with E-state index in [9.17, 15) is 12.8 Å². The summed E-state index contributed by atoms with van der Waals surface area (Å²) in [6, 6.07) is 6.53. The molecule has 0 radical (unpaired) electrons. The molecule has 2 rings (SSSR count). The van der Waals surface area contributed by atoms with Crippen LogP contribution in [0, 0.1) is 5.82 Å². The molecule has 0 aliphatic rings. The van der Waals surface area contributed by atoms with Crippen LogP contribution in [0.15, 0.2) is 45.9 Å². The highest BCUT2D eigenvalue weighted by atomic mass is 32.2. The fraction of sp³-hybridized carbons (Fsp3) is 0.0833. The van der Waals surface area contributed by atoms with Crippen molar-refractivity contribution in [2.75, 3.05) is 0 Å². The van der Waals surface area contributed by atoms with E-state index in [-0.39, 0.29) is 22.0 Å². The maximum absolute atomic E-state index is 13.4. The van der Waals surface area contributed by atoms with Crippen LogP contribution in [0.4, 0.5) is 4.39 Å². The Bertz CT molecular complexity index is 727. The summed E-state index contributed by atoms with van der Waals surface area (Å²) in [6.45, 7) is -0.00485. The first-order chi connectivity index (χ1) is 9.40. The van der Waals surface area contributed by atoms with Crippen LogP contribution in [0.5, 0.6) is 0 Å². The van der Waals surface area contributed by atoms with E-state index in [1.54, 1.807) is 12.1 Å². The van der Waals surface area contributed by atoms with Crippen LogP contribution in [0.2, 0.25) is 0 Å². The Morgan fingerprint density at radius 3 is 2.75 bits per heavy atom. The van der Waals surface area contributed by atoms with Crippen LogP contribution in [0.25, 0.3) is 0 Å². The molecule has 106 valence electrons. The van der Waals surface area contributed by atoms with Crippen LogP contribution in [-0.4, -0.2) is 13.4 Å². The summed E-state index contributed by atoms with van der Waals surface area (Å²) in [5.41, 5.74) is 5.23. The van der Waals surface area contributed by atoms with Gasteiger partial charge in [0.25, 0.3) is 0 Å². The first kappa shape index (κ1) is 14.6. The molecule has 5 nitrogen and oxygen atoms in total. The molecular weight excluding hydrogens is 303 g/mol. The Morgan fingerprint density at radius 2 is 2.15 bits per heavy atom. The molecule has 20 heavy (non-hydrogen) atoms. The molecule has 0 saturated heterocycles. The predicted octanol–water partition coefficient (Wildman–Crippen LogP) is 1.53. The molecule has 1 heterocycles. The van der Waals surface area contributed by atoms with Gasteiger partial charge in [0.05, 0.1) is 17.7 Å². The minimum absolute atomic E-state index is 0.00485. The van der Waals surface area contributed by atoms with Gasteiger partial charge in [-0.25, -0.2) is 17.5 Å². The molecule has 0 bridgehead atoms. The second-order valence-corrected chi connectivity index (χ2v) is 6.12. The van der Waals surface area contributed by atoms with E-state index in [4.69, 9.17) is 10.2 Å². The number of nitrogens with two attached hydrogens (primary N) is 1. The number of furan rings is 1. The lowest BCUT2D eigenvalue weighted by atomic mass is 10.2. The van der Waals surface area contributed by atoms with Crippen LogP contribution in [0.1, 0.15) is 11.3 Å². The maximum atomic E-state index is 13.4.